The molecule has 100 valence electrons. The molecule has 1 N–H and O–H groups in total. The Morgan fingerprint density at radius 3 is 1.90 bits per heavy atom. The van der Waals surface area contributed by atoms with Crippen molar-refractivity contribution < 1.29 is 19.5 Å². The highest BCUT2D eigenvalue weighted by Gasteiger charge is 2.20. The van der Waals surface area contributed by atoms with Gasteiger partial charge in [-0.05, 0) is 24.3 Å². The third kappa shape index (κ3) is 2.75. The number of hydrogen-bond donors (Lipinski definition) is 1. The summed E-state index contributed by atoms with van der Waals surface area (Å²) < 4.78 is 0. The number of ketones is 2. The van der Waals surface area contributed by atoms with Gasteiger partial charge in [0.05, 0.1) is 10.6 Å². The number of carbonyl (C=O) groups is 3. The van der Waals surface area contributed by atoms with Crippen molar-refractivity contribution in [1.82, 2.24) is 0 Å². The van der Waals surface area contributed by atoms with Crippen LogP contribution >= 0.6 is 11.6 Å². The van der Waals surface area contributed by atoms with E-state index in [9.17, 15) is 14.4 Å². The number of rotatable bonds is 4. The first-order chi connectivity index (χ1) is 9.50. The predicted octanol–water partition coefficient (Wildman–Crippen LogP) is 3.10. The summed E-state index contributed by atoms with van der Waals surface area (Å²) >= 11 is 5.87. The van der Waals surface area contributed by atoms with Gasteiger partial charge in [-0.15, -0.1) is 0 Å². The number of carboxylic acids is 1. The first-order valence-electron chi connectivity index (χ1n) is 5.67. The number of halogens is 1. The summed E-state index contributed by atoms with van der Waals surface area (Å²) in [5.41, 5.74) is 0.299. The van der Waals surface area contributed by atoms with Crippen LogP contribution in [0.3, 0.4) is 0 Å². The molecule has 0 spiro atoms. The van der Waals surface area contributed by atoms with Crippen LogP contribution in [-0.2, 0) is 0 Å². The molecule has 4 nitrogen and oxygen atoms in total. The van der Waals surface area contributed by atoms with Crippen LogP contribution < -0.4 is 0 Å². The minimum Gasteiger partial charge on any atom is -0.478 e. The molecule has 0 aromatic heterocycles. The van der Waals surface area contributed by atoms with Gasteiger partial charge in [0.25, 0.3) is 0 Å². The normalized spacial score (nSPS) is 10.1. The van der Waals surface area contributed by atoms with Crippen molar-refractivity contribution in [3.8, 4) is 0 Å². The van der Waals surface area contributed by atoms with Gasteiger partial charge in [0.15, 0.2) is 0 Å². The topological polar surface area (TPSA) is 71.4 Å². The minimum atomic E-state index is -1.10. The highest BCUT2D eigenvalue weighted by Crippen LogP contribution is 2.17. The highest BCUT2D eigenvalue weighted by molar-refractivity contribution is 6.51. The Labute approximate surface area is 119 Å². The Balaban J connectivity index is 2.30. The van der Waals surface area contributed by atoms with E-state index in [2.05, 4.69) is 0 Å². The molecule has 0 saturated carbocycles. The van der Waals surface area contributed by atoms with Gasteiger partial charge in [-0.1, -0.05) is 35.9 Å². The van der Waals surface area contributed by atoms with Gasteiger partial charge in [0.1, 0.15) is 0 Å². The summed E-state index contributed by atoms with van der Waals surface area (Å²) in [4.78, 5) is 34.8. The highest BCUT2D eigenvalue weighted by atomic mass is 35.5. The SMILES string of the molecule is O=C(O)c1ccc(C(=O)C(=O)c2ccccc2Cl)cc1. The lowest BCUT2D eigenvalue weighted by Crippen LogP contribution is -2.15. The molecule has 0 amide bonds. The Morgan fingerprint density at radius 2 is 1.35 bits per heavy atom. The Bertz CT molecular complexity index is 689. The summed E-state index contributed by atoms with van der Waals surface area (Å²) in [6.07, 6.45) is 0. The lowest BCUT2D eigenvalue weighted by Gasteiger charge is -2.03. The standard InChI is InChI=1S/C15H9ClO4/c16-12-4-2-1-3-11(12)14(18)13(17)9-5-7-10(8-6-9)15(19)20/h1-8H,(H,19,20). The lowest BCUT2D eigenvalue weighted by molar-refractivity contribution is 0.0696. The van der Waals surface area contributed by atoms with E-state index in [0.29, 0.717) is 0 Å². The average Bonchev–Trinajstić information content (AvgIpc) is 2.46. The maximum atomic E-state index is 12.0. The number of carboxylic acid groups (broad SMARTS) is 1. The molecule has 2 aromatic rings. The summed E-state index contributed by atoms with van der Waals surface area (Å²) in [6, 6.07) is 11.4. The van der Waals surface area contributed by atoms with Crippen LogP contribution in [0.2, 0.25) is 5.02 Å². The molecule has 2 rings (SSSR count). The van der Waals surface area contributed by atoms with Gasteiger partial charge in [0, 0.05) is 11.1 Å². The molecule has 0 aliphatic rings. The van der Waals surface area contributed by atoms with Gasteiger partial charge >= 0.3 is 5.97 Å². The van der Waals surface area contributed by atoms with Gasteiger partial charge in [-0.2, -0.15) is 0 Å². The zero-order valence-electron chi connectivity index (χ0n) is 10.2. The maximum Gasteiger partial charge on any atom is 0.335 e. The van der Waals surface area contributed by atoms with Crippen molar-refractivity contribution in [3.63, 3.8) is 0 Å². The van der Waals surface area contributed by atoms with Gasteiger partial charge < -0.3 is 5.11 Å². The third-order valence-corrected chi connectivity index (χ3v) is 3.05. The zero-order chi connectivity index (χ0) is 14.7. The van der Waals surface area contributed by atoms with Crippen LogP contribution in [-0.4, -0.2) is 22.6 Å². The molecule has 5 heteroatoms. The first kappa shape index (κ1) is 14.0. The first-order valence-corrected chi connectivity index (χ1v) is 6.05. The molecule has 0 heterocycles. The average molecular weight is 289 g/mol. The molecule has 0 bridgehead atoms. The Morgan fingerprint density at radius 1 is 0.800 bits per heavy atom. The number of carbonyl (C=O) groups excluding carboxylic acids is 2. The summed E-state index contributed by atoms with van der Waals surface area (Å²) in [5.74, 6) is -2.55. The fourth-order valence-corrected chi connectivity index (χ4v) is 1.88. The number of aromatic carboxylic acids is 1. The van der Waals surface area contributed by atoms with E-state index in [1.54, 1.807) is 12.1 Å². The van der Waals surface area contributed by atoms with Crippen molar-refractivity contribution in [3.05, 3.63) is 70.2 Å². The third-order valence-electron chi connectivity index (χ3n) is 2.72. The number of Topliss-reactive ketones (excluding diaryl/α,β-unsaturated/α-hetero) is 2. The quantitative estimate of drug-likeness (QED) is 0.693. The second-order valence-corrected chi connectivity index (χ2v) is 4.43. The zero-order valence-corrected chi connectivity index (χ0v) is 10.9. The molecule has 0 unspecified atom stereocenters. The molecule has 0 saturated heterocycles. The van der Waals surface area contributed by atoms with E-state index < -0.39 is 17.5 Å². The van der Waals surface area contributed by atoms with E-state index >= 15 is 0 Å². The monoisotopic (exact) mass is 288 g/mol. The van der Waals surface area contributed by atoms with Crippen molar-refractivity contribution in [2.24, 2.45) is 0 Å². The Hall–Kier alpha value is -2.46. The van der Waals surface area contributed by atoms with E-state index in [1.807, 2.05) is 0 Å². The van der Waals surface area contributed by atoms with Crippen molar-refractivity contribution in [2.75, 3.05) is 0 Å². The maximum absolute atomic E-state index is 12.0. The molecule has 0 fully saturated rings. The van der Waals surface area contributed by atoms with Crippen LogP contribution in [0.1, 0.15) is 31.1 Å². The predicted molar refractivity (Wildman–Crippen MR) is 73.5 cm³/mol. The lowest BCUT2D eigenvalue weighted by atomic mass is 10.0. The van der Waals surface area contributed by atoms with E-state index in [4.69, 9.17) is 16.7 Å². The molecule has 0 radical (unpaired) electrons. The van der Waals surface area contributed by atoms with Crippen LogP contribution in [0.25, 0.3) is 0 Å². The molecular weight excluding hydrogens is 280 g/mol. The van der Waals surface area contributed by atoms with Gasteiger partial charge in [-0.3, -0.25) is 9.59 Å². The van der Waals surface area contributed by atoms with Gasteiger partial charge in [0.2, 0.25) is 11.6 Å². The summed E-state index contributed by atoms with van der Waals surface area (Å²) in [7, 11) is 0. The summed E-state index contributed by atoms with van der Waals surface area (Å²) in [5, 5.41) is 8.97. The largest absolute Gasteiger partial charge is 0.478 e. The molecule has 0 aliphatic carbocycles. The molecule has 0 atom stereocenters. The van der Waals surface area contributed by atoms with E-state index in [1.165, 1.54) is 36.4 Å². The smallest absolute Gasteiger partial charge is 0.335 e. The molecule has 0 aliphatic heterocycles. The van der Waals surface area contributed by atoms with Crippen LogP contribution in [0.4, 0.5) is 0 Å². The van der Waals surface area contributed by atoms with Crippen molar-refractivity contribution in [1.29, 1.82) is 0 Å². The second kappa shape index (κ2) is 5.67. The molecule has 20 heavy (non-hydrogen) atoms. The fraction of sp³-hybridized carbons (Fsp3) is 0. The number of hydrogen-bond acceptors (Lipinski definition) is 3. The summed E-state index contributed by atoms with van der Waals surface area (Å²) in [6.45, 7) is 0. The van der Waals surface area contributed by atoms with Crippen molar-refractivity contribution in [2.45, 2.75) is 0 Å². The van der Waals surface area contributed by atoms with Crippen molar-refractivity contribution >= 4 is 29.1 Å². The fourth-order valence-electron chi connectivity index (χ4n) is 1.66. The van der Waals surface area contributed by atoms with Gasteiger partial charge in [-0.25, -0.2) is 4.79 Å². The molecule has 2 aromatic carbocycles. The van der Waals surface area contributed by atoms with E-state index in [-0.39, 0.29) is 21.7 Å². The minimum absolute atomic E-state index is 0.0479. The number of benzene rings is 2. The second-order valence-electron chi connectivity index (χ2n) is 4.02. The van der Waals surface area contributed by atoms with Crippen LogP contribution in [0.15, 0.2) is 48.5 Å². The Kier molecular flexibility index (Phi) is 3.96. The van der Waals surface area contributed by atoms with Crippen LogP contribution in [0, 0.1) is 0 Å². The van der Waals surface area contributed by atoms with E-state index in [0.717, 1.165) is 0 Å². The molecular formula is C15H9ClO4. The van der Waals surface area contributed by atoms with Crippen LogP contribution in [0.5, 0.6) is 0 Å².